The zero-order valence-electron chi connectivity index (χ0n) is 18.3. The Morgan fingerprint density at radius 1 is 0.971 bits per heavy atom. The SMILES string of the molecule is COC(=O)c1ccccc1OC(=O)c1ccc2c(c1)[C@@H]1C=CC[C@H]1[C@@H](c1ccc(Cl)cc1Cl)N2. The highest BCUT2D eigenvalue weighted by Gasteiger charge is 2.39. The molecule has 0 spiro atoms. The van der Waals surface area contributed by atoms with Gasteiger partial charge in [-0.2, -0.15) is 0 Å². The molecule has 5 nitrogen and oxygen atoms in total. The lowest BCUT2D eigenvalue weighted by atomic mass is 9.76. The quantitative estimate of drug-likeness (QED) is 0.245. The van der Waals surface area contributed by atoms with Crippen LogP contribution in [0.25, 0.3) is 0 Å². The molecule has 0 radical (unpaired) electrons. The van der Waals surface area contributed by atoms with Crippen molar-refractivity contribution in [3.63, 3.8) is 0 Å². The van der Waals surface area contributed by atoms with Crippen molar-refractivity contribution in [1.29, 1.82) is 0 Å². The van der Waals surface area contributed by atoms with Crippen LogP contribution in [0.1, 0.15) is 50.2 Å². The van der Waals surface area contributed by atoms with Crippen molar-refractivity contribution < 1.29 is 19.1 Å². The molecule has 1 aliphatic carbocycles. The first-order chi connectivity index (χ1) is 16.5. The van der Waals surface area contributed by atoms with E-state index in [2.05, 4.69) is 17.5 Å². The Kier molecular flexibility index (Phi) is 6.07. The van der Waals surface area contributed by atoms with Gasteiger partial charge in [-0.15, -0.1) is 0 Å². The first kappa shape index (κ1) is 22.5. The predicted octanol–water partition coefficient (Wildman–Crippen LogP) is 6.83. The van der Waals surface area contributed by atoms with Gasteiger partial charge in [-0.25, -0.2) is 9.59 Å². The zero-order chi connectivity index (χ0) is 23.8. The lowest BCUT2D eigenvalue weighted by molar-refractivity contribution is 0.0593. The molecule has 172 valence electrons. The third-order valence-corrected chi connectivity index (χ3v) is 6.95. The Morgan fingerprint density at radius 2 is 1.79 bits per heavy atom. The molecular formula is C27H21Cl2NO4. The summed E-state index contributed by atoms with van der Waals surface area (Å²) >= 11 is 12.6. The van der Waals surface area contributed by atoms with Crippen LogP contribution in [0.15, 0.2) is 72.8 Å². The van der Waals surface area contributed by atoms with Crippen molar-refractivity contribution in [1.82, 2.24) is 0 Å². The molecule has 2 aliphatic rings. The average molecular weight is 494 g/mol. The van der Waals surface area contributed by atoms with Gasteiger partial charge in [0.15, 0.2) is 0 Å². The number of anilines is 1. The molecule has 0 unspecified atom stereocenters. The lowest BCUT2D eigenvalue weighted by Gasteiger charge is -2.38. The number of rotatable bonds is 4. The van der Waals surface area contributed by atoms with Gasteiger partial charge in [0.1, 0.15) is 11.3 Å². The minimum Gasteiger partial charge on any atom is -0.465 e. The molecule has 0 amide bonds. The molecule has 1 heterocycles. The van der Waals surface area contributed by atoms with E-state index >= 15 is 0 Å². The van der Waals surface area contributed by atoms with Crippen LogP contribution in [0.2, 0.25) is 10.0 Å². The van der Waals surface area contributed by atoms with Crippen LogP contribution in [0.4, 0.5) is 5.69 Å². The van der Waals surface area contributed by atoms with E-state index in [4.69, 9.17) is 32.7 Å². The zero-order valence-corrected chi connectivity index (χ0v) is 19.8. The molecule has 1 aliphatic heterocycles. The van der Waals surface area contributed by atoms with Gasteiger partial charge in [-0.1, -0.05) is 53.6 Å². The fourth-order valence-electron chi connectivity index (χ4n) is 4.78. The molecule has 0 aromatic heterocycles. The predicted molar refractivity (Wildman–Crippen MR) is 132 cm³/mol. The van der Waals surface area contributed by atoms with E-state index in [0.717, 1.165) is 23.2 Å². The number of fused-ring (bicyclic) bond motifs is 3. The summed E-state index contributed by atoms with van der Waals surface area (Å²) in [6.07, 6.45) is 5.24. The van der Waals surface area contributed by atoms with Crippen molar-refractivity contribution >= 4 is 40.8 Å². The highest BCUT2D eigenvalue weighted by Crippen LogP contribution is 2.51. The highest BCUT2D eigenvalue weighted by molar-refractivity contribution is 6.35. The van der Waals surface area contributed by atoms with Crippen molar-refractivity contribution in [2.24, 2.45) is 5.92 Å². The minimum atomic E-state index is -0.566. The summed E-state index contributed by atoms with van der Waals surface area (Å²) < 4.78 is 10.4. The fraction of sp³-hybridized carbons (Fsp3) is 0.185. The Labute approximate surface area is 207 Å². The van der Waals surface area contributed by atoms with Crippen molar-refractivity contribution in [3.8, 4) is 5.75 Å². The molecule has 3 aromatic rings. The minimum absolute atomic E-state index is 0.0157. The van der Waals surface area contributed by atoms with Gasteiger partial charge in [-0.05, 0) is 65.9 Å². The number of carbonyl (C=O) groups is 2. The molecule has 3 atom stereocenters. The number of hydrogen-bond donors (Lipinski definition) is 1. The van der Waals surface area contributed by atoms with E-state index in [1.54, 1.807) is 36.4 Å². The lowest BCUT2D eigenvalue weighted by Crippen LogP contribution is -2.29. The first-order valence-electron chi connectivity index (χ1n) is 10.9. The van der Waals surface area contributed by atoms with Crippen LogP contribution >= 0.6 is 23.2 Å². The average Bonchev–Trinajstić information content (AvgIpc) is 3.34. The van der Waals surface area contributed by atoms with Gasteiger partial charge in [-0.3, -0.25) is 0 Å². The summed E-state index contributed by atoms with van der Waals surface area (Å²) in [4.78, 5) is 25.0. The van der Waals surface area contributed by atoms with Gasteiger partial charge in [0, 0.05) is 21.7 Å². The summed E-state index contributed by atoms with van der Waals surface area (Å²) in [5.41, 5.74) is 3.56. The largest absolute Gasteiger partial charge is 0.465 e. The third kappa shape index (κ3) is 4.06. The fourth-order valence-corrected chi connectivity index (χ4v) is 5.30. The first-order valence-corrected chi connectivity index (χ1v) is 11.6. The molecular weight excluding hydrogens is 473 g/mol. The van der Waals surface area contributed by atoms with Gasteiger partial charge in [0.25, 0.3) is 0 Å². The monoisotopic (exact) mass is 493 g/mol. The summed E-state index contributed by atoms with van der Waals surface area (Å²) in [6.45, 7) is 0. The molecule has 0 saturated carbocycles. The number of allylic oxidation sites excluding steroid dienone is 2. The van der Waals surface area contributed by atoms with E-state index in [0.29, 0.717) is 15.6 Å². The van der Waals surface area contributed by atoms with Gasteiger partial charge < -0.3 is 14.8 Å². The van der Waals surface area contributed by atoms with E-state index in [9.17, 15) is 9.59 Å². The van der Waals surface area contributed by atoms with Gasteiger partial charge in [0.05, 0.1) is 18.7 Å². The van der Waals surface area contributed by atoms with Crippen molar-refractivity contribution in [2.45, 2.75) is 18.4 Å². The second-order valence-electron chi connectivity index (χ2n) is 8.32. The number of nitrogens with one attached hydrogen (secondary N) is 1. The number of methoxy groups -OCH3 is 1. The Hall–Kier alpha value is -3.28. The summed E-state index contributed by atoms with van der Waals surface area (Å²) in [7, 11) is 1.29. The van der Waals surface area contributed by atoms with Gasteiger partial charge in [0.2, 0.25) is 0 Å². The molecule has 5 rings (SSSR count). The molecule has 7 heteroatoms. The number of hydrogen-bond acceptors (Lipinski definition) is 5. The van der Waals surface area contributed by atoms with Crippen LogP contribution in [-0.2, 0) is 4.74 Å². The molecule has 3 aromatic carbocycles. The highest BCUT2D eigenvalue weighted by atomic mass is 35.5. The molecule has 0 saturated heterocycles. The van der Waals surface area contributed by atoms with E-state index in [1.165, 1.54) is 7.11 Å². The maximum atomic E-state index is 13.0. The molecule has 34 heavy (non-hydrogen) atoms. The van der Waals surface area contributed by atoms with Gasteiger partial charge >= 0.3 is 11.9 Å². The molecule has 0 fully saturated rings. The van der Waals surface area contributed by atoms with Crippen LogP contribution < -0.4 is 10.1 Å². The summed E-state index contributed by atoms with van der Waals surface area (Å²) in [5.74, 6) is -0.573. The number of ether oxygens (including phenoxy) is 2. The van der Waals surface area contributed by atoms with Crippen LogP contribution in [0.5, 0.6) is 5.75 Å². The number of halogens is 2. The Balaban J connectivity index is 1.45. The Bertz CT molecular complexity index is 1320. The topological polar surface area (TPSA) is 64.6 Å². The van der Waals surface area contributed by atoms with Crippen molar-refractivity contribution in [2.75, 3.05) is 12.4 Å². The Morgan fingerprint density at radius 3 is 2.59 bits per heavy atom. The third-order valence-electron chi connectivity index (χ3n) is 6.39. The smallest absolute Gasteiger partial charge is 0.343 e. The second kappa shape index (κ2) is 9.16. The second-order valence-corrected chi connectivity index (χ2v) is 9.16. The van der Waals surface area contributed by atoms with Crippen LogP contribution in [0.3, 0.4) is 0 Å². The molecule has 1 N–H and O–H groups in total. The maximum Gasteiger partial charge on any atom is 0.343 e. The van der Waals surface area contributed by atoms with Crippen molar-refractivity contribution in [3.05, 3.63) is 105 Å². The van der Waals surface area contributed by atoms with Crippen LogP contribution in [0, 0.1) is 5.92 Å². The van der Waals surface area contributed by atoms with E-state index in [-0.39, 0.29) is 29.2 Å². The molecule has 0 bridgehead atoms. The number of benzene rings is 3. The maximum absolute atomic E-state index is 13.0. The van der Waals surface area contributed by atoms with E-state index in [1.807, 2.05) is 24.3 Å². The number of para-hydroxylation sites is 1. The summed E-state index contributed by atoms with van der Waals surface area (Å²) in [6, 6.07) is 17.6. The van der Waals surface area contributed by atoms with Crippen LogP contribution in [-0.4, -0.2) is 19.0 Å². The number of carbonyl (C=O) groups excluding carboxylic acids is 2. The summed E-state index contributed by atoms with van der Waals surface area (Å²) in [5, 5.41) is 4.84. The number of esters is 2. The standard InChI is InChI=1S/C27H21Cl2NO4/c1-33-27(32)20-5-2-3-8-24(20)34-26(31)15-9-12-23-21(13-15)17-6-4-7-18(17)25(30-23)19-11-10-16(28)14-22(19)29/h2-6,8-14,17-18,25,30H,7H2,1H3/t17-,18-,25+/m1/s1. The van der Waals surface area contributed by atoms with E-state index < -0.39 is 11.9 Å². The normalized spacial score (nSPS) is 20.1.